The van der Waals surface area contributed by atoms with Crippen molar-refractivity contribution in [3.8, 4) is 5.75 Å². The SMILES string of the molecule is Cc1nc(/C(N)=C(\COC(=O)N(C)C)N(C)N)ccc1OC1CCOCC1. The maximum absolute atomic E-state index is 11.7. The Bertz CT molecular complexity index is 684. The summed E-state index contributed by atoms with van der Waals surface area (Å²) in [6.45, 7) is 3.23. The van der Waals surface area contributed by atoms with E-state index in [9.17, 15) is 4.79 Å². The van der Waals surface area contributed by atoms with Crippen LogP contribution in [0.15, 0.2) is 17.8 Å². The molecule has 9 nitrogen and oxygen atoms in total. The molecule has 9 heteroatoms. The summed E-state index contributed by atoms with van der Waals surface area (Å²) in [4.78, 5) is 17.5. The Morgan fingerprint density at radius 2 is 1.96 bits per heavy atom. The van der Waals surface area contributed by atoms with Gasteiger partial charge in [-0.05, 0) is 19.1 Å². The van der Waals surface area contributed by atoms with Crippen molar-refractivity contribution in [2.24, 2.45) is 11.6 Å². The molecule has 0 bridgehead atoms. The molecular weight excluding hydrogens is 350 g/mol. The minimum atomic E-state index is -0.480. The first-order valence-corrected chi connectivity index (χ1v) is 8.83. The zero-order valence-electron chi connectivity index (χ0n) is 16.4. The van der Waals surface area contributed by atoms with Gasteiger partial charge in [-0.2, -0.15) is 0 Å². The van der Waals surface area contributed by atoms with Crippen LogP contribution < -0.4 is 16.3 Å². The summed E-state index contributed by atoms with van der Waals surface area (Å²) in [5, 5.41) is 1.32. The number of ether oxygens (including phenoxy) is 3. The van der Waals surface area contributed by atoms with Crippen LogP contribution in [0, 0.1) is 6.92 Å². The van der Waals surface area contributed by atoms with E-state index < -0.39 is 6.09 Å². The molecule has 2 heterocycles. The molecule has 1 fully saturated rings. The van der Waals surface area contributed by atoms with E-state index >= 15 is 0 Å². The normalized spacial score (nSPS) is 15.7. The van der Waals surface area contributed by atoms with E-state index in [-0.39, 0.29) is 12.7 Å². The van der Waals surface area contributed by atoms with Gasteiger partial charge >= 0.3 is 6.09 Å². The minimum Gasteiger partial charge on any atom is -0.488 e. The van der Waals surface area contributed by atoms with Crippen LogP contribution in [0.1, 0.15) is 24.2 Å². The van der Waals surface area contributed by atoms with Crippen LogP contribution in [0.4, 0.5) is 4.79 Å². The highest BCUT2D eigenvalue weighted by Crippen LogP contribution is 2.23. The molecule has 150 valence electrons. The van der Waals surface area contributed by atoms with E-state index in [0.717, 1.165) is 24.3 Å². The van der Waals surface area contributed by atoms with E-state index in [2.05, 4.69) is 4.98 Å². The van der Waals surface area contributed by atoms with Gasteiger partial charge in [0.1, 0.15) is 18.5 Å². The summed E-state index contributed by atoms with van der Waals surface area (Å²) in [5.41, 5.74) is 8.30. The fourth-order valence-corrected chi connectivity index (χ4v) is 2.57. The number of rotatable bonds is 6. The number of aryl methyl sites for hydroxylation is 1. The molecule has 0 unspecified atom stereocenters. The first kappa shape index (κ1) is 20.8. The zero-order valence-corrected chi connectivity index (χ0v) is 16.4. The summed E-state index contributed by atoms with van der Waals surface area (Å²) >= 11 is 0. The molecule has 0 atom stereocenters. The lowest BCUT2D eigenvalue weighted by atomic mass is 10.1. The summed E-state index contributed by atoms with van der Waals surface area (Å²) in [7, 11) is 4.83. The number of amides is 1. The van der Waals surface area contributed by atoms with E-state index in [1.165, 1.54) is 9.91 Å². The Balaban J connectivity index is 2.16. The molecule has 2 rings (SSSR count). The van der Waals surface area contributed by atoms with Crippen LogP contribution in [-0.4, -0.2) is 68.1 Å². The summed E-state index contributed by atoms with van der Waals surface area (Å²) in [6, 6.07) is 3.62. The number of hydrazine groups is 1. The minimum absolute atomic E-state index is 0.0586. The highest BCUT2D eigenvalue weighted by Gasteiger charge is 2.18. The van der Waals surface area contributed by atoms with Gasteiger partial charge in [-0.3, -0.25) is 0 Å². The van der Waals surface area contributed by atoms with Gasteiger partial charge < -0.3 is 29.9 Å². The number of pyridine rings is 1. The van der Waals surface area contributed by atoms with Gasteiger partial charge in [-0.1, -0.05) is 0 Å². The van der Waals surface area contributed by atoms with E-state index in [1.54, 1.807) is 27.2 Å². The van der Waals surface area contributed by atoms with E-state index in [1.807, 2.05) is 13.0 Å². The lowest BCUT2D eigenvalue weighted by Gasteiger charge is -2.24. The molecular formula is C18H29N5O4. The van der Waals surface area contributed by atoms with Gasteiger partial charge in [0.2, 0.25) is 0 Å². The second-order valence-corrected chi connectivity index (χ2v) is 6.63. The van der Waals surface area contributed by atoms with Crippen molar-refractivity contribution in [1.82, 2.24) is 14.9 Å². The van der Waals surface area contributed by atoms with E-state index in [4.69, 9.17) is 25.8 Å². The quantitative estimate of drug-likeness (QED) is 0.557. The topological polar surface area (TPSA) is 116 Å². The van der Waals surface area contributed by atoms with Crippen LogP contribution in [0.25, 0.3) is 5.70 Å². The monoisotopic (exact) mass is 379 g/mol. The molecule has 1 aromatic rings. The second kappa shape index (κ2) is 9.43. The second-order valence-electron chi connectivity index (χ2n) is 6.63. The van der Waals surface area contributed by atoms with Crippen molar-refractivity contribution in [3.63, 3.8) is 0 Å². The van der Waals surface area contributed by atoms with Gasteiger partial charge in [0.05, 0.1) is 36.0 Å². The Morgan fingerprint density at radius 3 is 2.52 bits per heavy atom. The molecule has 4 N–H and O–H groups in total. The maximum atomic E-state index is 11.7. The number of carbonyl (C=O) groups is 1. The predicted octanol–water partition coefficient (Wildman–Crippen LogP) is 1.08. The van der Waals surface area contributed by atoms with Crippen molar-refractivity contribution in [3.05, 3.63) is 29.2 Å². The standard InChI is InChI=1S/C18H29N5O4/c1-12-16(27-13-7-9-25-10-8-13)6-5-14(21-12)17(19)15(23(4)20)11-26-18(24)22(2)3/h5-6,13H,7-11,19-20H2,1-4H3/b17-15-. The molecule has 1 saturated heterocycles. The fraction of sp³-hybridized carbons (Fsp3) is 0.556. The van der Waals surface area contributed by atoms with Crippen LogP contribution in [0.5, 0.6) is 5.75 Å². The van der Waals surface area contributed by atoms with Crippen molar-refractivity contribution in [2.45, 2.75) is 25.9 Å². The number of hydrogen-bond acceptors (Lipinski definition) is 8. The predicted molar refractivity (Wildman–Crippen MR) is 102 cm³/mol. The molecule has 1 aromatic heterocycles. The molecule has 27 heavy (non-hydrogen) atoms. The van der Waals surface area contributed by atoms with Crippen LogP contribution >= 0.6 is 0 Å². The number of likely N-dealkylation sites (N-methyl/N-ethyl adjacent to an activating group) is 1. The Labute approximate surface area is 159 Å². The smallest absolute Gasteiger partial charge is 0.409 e. The molecule has 0 aliphatic carbocycles. The third-order valence-corrected chi connectivity index (χ3v) is 4.21. The van der Waals surface area contributed by atoms with Crippen LogP contribution in [0.2, 0.25) is 0 Å². The average molecular weight is 379 g/mol. The highest BCUT2D eigenvalue weighted by atomic mass is 16.6. The third kappa shape index (κ3) is 5.73. The Hall–Kier alpha value is -2.52. The fourth-order valence-electron chi connectivity index (χ4n) is 2.57. The van der Waals surface area contributed by atoms with Crippen LogP contribution in [-0.2, 0) is 9.47 Å². The van der Waals surface area contributed by atoms with Crippen LogP contribution in [0.3, 0.4) is 0 Å². The summed E-state index contributed by atoms with van der Waals surface area (Å²) < 4.78 is 16.6. The Morgan fingerprint density at radius 1 is 1.30 bits per heavy atom. The summed E-state index contributed by atoms with van der Waals surface area (Å²) in [6.07, 6.45) is 1.38. The van der Waals surface area contributed by atoms with E-state index in [0.29, 0.717) is 30.3 Å². The number of aromatic nitrogens is 1. The molecule has 0 aromatic carbocycles. The van der Waals surface area contributed by atoms with Crippen molar-refractivity contribution in [2.75, 3.05) is 41.0 Å². The third-order valence-electron chi connectivity index (χ3n) is 4.21. The average Bonchev–Trinajstić information content (AvgIpc) is 2.63. The van der Waals surface area contributed by atoms with Gasteiger partial charge in [0.25, 0.3) is 0 Å². The van der Waals surface area contributed by atoms with Gasteiger partial charge in [0, 0.05) is 34.0 Å². The number of carbonyl (C=O) groups excluding carboxylic acids is 1. The first-order valence-electron chi connectivity index (χ1n) is 8.83. The Kier molecular flexibility index (Phi) is 7.26. The molecule has 1 aliphatic heterocycles. The number of hydrogen-bond donors (Lipinski definition) is 2. The zero-order chi connectivity index (χ0) is 20.0. The molecule has 0 saturated carbocycles. The van der Waals surface area contributed by atoms with Crippen molar-refractivity contribution >= 4 is 11.8 Å². The largest absolute Gasteiger partial charge is 0.488 e. The molecule has 1 amide bonds. The maximum Gasteiger partial charge on any atom is 0.409 e. The van der Waals surface area contributed by atoms with Crippen molar-refractivity contribution in [1.29, 1.82) is 0 Å². The first-order chi connectivity index (χ1) is 12.8. The summed E-state index contributed by atoms with van der Waals surface area (Å²) in [5.74, 6) is 6.58. The van der Waals surface area contributed by atoms with Gasteiger partial charge in [-0.15, -0.1) is 0 Å². The van der Waals surface area contributed by atoms with Gasteiger partial charge in [0.15, 0.2) is 0 Å². The number of nitrogens with two attached hydrogens (primary N) is 2. The lowest BCUT2D eigenvalue weighted by Crippen LogP contribution is -2.33. The molecule has 1 aliphatic rings. The highest BCUT2D eigenvalue weighted by molar-refractivity contribution is 5.68. The number of nitrogens with zero attached hydrogens (tertiary/aromatic N) is 3. The lowest BCUT2D eigenvalue weighted by molar-refractivity contribution is 0.0251. The molecule has 0 spiro atoms. The van der Waals surface area contributed by atoms with Gasteiger partial charge in [-0.25, -0.2) is 15.6 Å². The molecule has 0 radical (unpaired) electrons. The van der Waals surface area contributed by atoms with Crippen molar-refractivity contribution < 1.29 is 19.0 Å².